The molecule has 2 N–H and O–H groups in total. The van der Waals surface area contributed by atoms with Crippen LogP contribution in [-0.2, 0) is 4.79 Å². The molecular weight excluding hydrogens is 289 g/mol. The maximum atomic E-state index is 13.4. The third-order valence-electron chi connectivity index (χ3n) is 3.73. The van der Waals surface area contributed by atoms with Gasteiger partial charge < -0.3 is 15.1 Å². The summed E-state index contributed by atoms with van der Waals surface area (Å²) in [6.07, 6.45) is 0. The minimum Gasteiger partial charge on any atom is -0.504 e. The first-order valence-corrected chi connectivity index (χ1v) is 6.61. The van der Waals surface area contributed by atoms with Crippen LogP contribution in [0.1, 0.15) is 21.8 Å². The molecule has 0 fully saturated rings. The number of rotatable bonds is 2. The Hall–Kier alpha value is -2.89. The van der Waals surface area contributed by atoms with Gasteiger partial charge in [0.2, 0.25) is 0 Å². The SMILES string of the molecule is O=C(O)C1CN(C(=O)c2cccc(F)c2O)c2ccccc21. The second kappa shape index (κ2) is 5.14. The van der Waals surface area contributed by atoms with Crippen molar-refractivity contribution < 1.29 is 24.2 Å². The van der Waals surface area contributed by atoms with Gasteiger partial charge in [0.15, 0.2) is 11.6 Å². The number of aliphatic carboxylic acids is 1. The van der Waals surface area contributed by atoms with Crippen LogP contribution in [0.15, 0.2) is 42.5 Å². The number of phenols is 1. The highest BCUT2D eigenvalue weighted by atomic mass is 19.1. The number of anilines is 1. The second-order valence-corrected chi connectivity index (χ2v) is 5.00. The van der Waals surface area contributed by atoms with E-state index in [0.29, 0.717) is 11.3 Å². The number of halogens is 1. The molecule has 1 heterocycles. The van der Waals surface area contributed by atoms with E-state index in [2.05, 4.69) is 0 Å². The van der Waals surface area contributed by atoms with Gasteiger partial charge in [-0.25, -0.2) is 4.39 Å². The fourth-order valence-electron chi connectivity index (χ4n) is 2.64. The lowest BCUT2D eigenvalue weighted by molar-refractivity contribution is -0.138. The summed E-state index contributed by atoms with van der Waals surface area (Å²) in [6.45, 7) is -0.0521. The monoisotopic (exact) mass is 301 g/mol. The van der Waals surface area contributed by atoms with Crippen LogP contribution in [-0.4, -0.2) is 28.6 Å². The van der Waals surface area contributed by atoms with Gasteiger partial charge in [-0.3, -0.25) is 9.59 Å². The molecule has 1 aliphatic rings. The minimum absolute atomic E-state index is 0.0521. The number of fused-ring (bicyclic) bond motifs is 1. The number of amides is 1. The van der Waals surface area contributed by atoms with Crippen LogP contribution < -0.4 is 4.90 Å². The Morgan fingerprint density at radius 2 is 1.86 bits per heavy atom. The predicted molar refractivity (Wildman–Crippen MR) is 76.6 cm³/mol. The Balaban J connectivity index is 2.04. The Morgan fingerprint density at radius 3 is 2.59 bits per heavy atom. The van der Waals surface area contributed by atoms with Crippen molar-refractivity contribution in [1.82, 2.24) is 0 Å². The molecule has 0 saturated heterocycles. The lowest BCUT2D eigenvalue weighted by Crippen LogP contribution is -2.31. The third-order valence-corrected chi connectivity index (χ3v) is 3.73. The number of carboxylic acids is 1. The molecule has 0 aromatic heterocycles. The van der Waals surface area contributed by atoms with Crippen molar-refractivity contribution in [2.45, 2.75) is 5.92 Å². The maximum Gasteiger partial charge on any atom is 0.312 e. The largest absolute Gasteiger partial charge is 0.504 e. The molecule has 5 nitrogen and oxygen atoms in total. The molecule has 2 aromatic carbocycles. The van der Waals surface area contributed by atoms with Crippen molar-refractivity contribution in [3.05, 3.63) is 59.4 Å². The van der Waals surface area contributed by atoms with E-state index in [0.717, 1.165) is 6.07 Å². The van der Waals surface area contributed by atoms with Crippen LogP contribution >= 0.6 is 0 Å². The van der Waals surface area contributed by atoms with Crippen LogP contribution in [0.25, 0.3) is 0 Å². The van der Waals surface area contributed by atoms with Gasteiger partial charge in [-0.1, -0.05) is 24.3 Å². The standard InChI is InChI=1S/C16H12FNO4/c17-12-6-3-5-10(14(12)19)15(20)18-8-11(16(21)22)9-4-1-2-7-13(9)18/h1-7,11,19H,8H2,(H,21,22). The number of para-hydroxylation sites is 2. The Bertz CT molecular complexity index is 774. The summed E-state index contributed by atoms with van der Waals surface area (Å²) in [5, 5.41) is 19.0. The van der Waals surface area contributed by atoms with Crippen molar-refractivity contribution in [1.29, 1.82) is 0 Å². The number of benzene rings is 2. The molecule has 0 saturated carbocycles. The number of phenolic OH excluding ortho intramolecular Hbond substituents is 1. The summed E-state index contributed by atoms with van der Waals surface area (Å²) in [7, 11) is 0. The van der Waals surface area contributed by atoms with Gasteiger partial charge in [0.1, 0.15) is 5.92 Å². The van der Waals surface area contributed by atoms with E-state index in [9.17, 15) is 24.2 Å². The highest BCUT2D eigenvalue weighted by Gasteiger charge is 2.37. The van der Waals surface area contributed by atoms with E-state index < -0.39 is 29.4 Å². The molecule has 0 spiro atoms. The van der Waals surface area contributed by atoms with E-state index in [1.807, 2.05) is 0 Å². The average molecular weight is 301 g/mol. The highest BCUT2D eigenvalue weighted by Crippen LogP contribution is 2.38. The number of nitrogens with zero attached hydrogens (tertiary/aromatic N) is 1. The molecule has 1 amide bonds. The second-order valence-electron chi connectivity index (χ2n) is 5.00. The van der Waals surface area contributed by atoms with Gasteiger partial charge in [0.05, 0.1) is 5.56 Å². The molecule has 22 heavy (non-hydrogen) atoms. The van der Waals surface area contributed by atoms with Gasteiger partial charge in [0, 0.05) is 12.2 Å². The van der Waals surface area contributed by atoms with E-state index in [1.54, 1.807) is 24.3 Å². The number of carbonyl (C=O) groups excluding carboxylic acids is 1. The molecule has 1 atom stereocenters. The fourth-order valence-corrected chi connectivity index (χ4v) is 2.64. The first-order valence-electron chi connectivity index (χ1n) is 6.61. The van der Waals surface area contributed by atoms with E-state index >= 15 is 0 Å². The molecular formula is C16H12FNO4. The smallest absolute Gasteiger partial charge is 0.312 e. The zero-order valence-electron chi connectivity index (χ0n) is 11.4. The van der Waals surface area contributed by atoms with Crippen molar-refractivity contribution in [2.75, 3.05) is 11.4 Å². The lowest BCUT2D eigenvalue weighted by Gasteiger charge is -2.18. The summed E-state index contributed by atoms with van der Waals surface area (Å²) < 4.78 is 13.4. The van der Waals surface area contributed by atoms with Crippen molar-refractivity contribution >= 4 is 17.6 Å². The van der Waals surface area contributed by atoms with Crippen molar-refractivity contribution in [3.8, 4) is 5.75 Å². The summed E-state index contributed by atoms with van der Waals surface area (Å²) in [6, 6.07) is 10.3. The molecule has 6 heteroatoms. The molecule has 0 radical (unpaired) electrons. The zero-order valence-corrected chi connectivity index (χ0v) is 11.4. The first kappa shape index (κ1) is 14.1. The van der Waals surface area contributed by atoms with Gasteiger partial charge >= 0.3 is 5.97 Å². The van der Waals surface area contributed by atoms with E-state index in [1.165, 1.54) is 17.0 Å². The summed E-state index contributed by atoms with van der Waals surface area (Å²) >= 11 is 0. The van der Waals surface area contributed by atoms with Crippen LogP contribution in [0.3, 0.4) is 0 Å². The zero-order chi connectivity index (χ0) is 15.9. The maximum absolute atomic E-state index is 13.4. The number of carbonyl (C=O) groups is 2. The quantitative estimate of drug-likeness (QED) is 0.892. The van der Waals surface area contributed by atoms with Crippen LogP contribution in [0.2, 0.25) is 0 Å². The molecule has 112 valence electrons. The van der Waals surface area contributed by atoms with Crippen LogP contribution in [0.5, 0.6) is 5.75 Å². The van der Waals surface area contributed by atoms with Crippen LogP contribution in [0.4, 0.5) is 10.1 Å². The first-order chi connectivity index (χ1) is 10.5. The van der Waals surface area contributed by atoms with E-state index in [4.69, 9.17) is 0 Å². The molecule has 3 rings (SSSR count). The topological polar surface area (TPSA) is 77.8 Å². The highest BCUT2D eigenvalue weighted by molar-refractivity contribution is 6.10. The summed E-state index contributed by atoms with van der Waals surface area (Å²) in [5.74, 6) is -4.13. The Morgan fingerprint density at radius 1 is 1.14 bits per heavy atom. The molecule has 1 unspecified atom stereocenters. The average Bonchev–Trinajstić information content (AvgIpc) is 2.89. The molecule has 1 aliphatic heterocycles. The normalized spacial score (nSPS) is 16.4. The third kappa shape index (κ3) is 2.09. The predicted octanol–water partition coefficient (Wildman–Crippen LogP) is 2.36. The molecule has 0 aliphatic carbocycles. The Labute approximate surface area is 125 Å². The van der Waals surface area contributed by atoms with Crippen molar-refractivity contribution in [3.63, 3.8) is 0 Å². The number of aromatic hydroxyl groups is 1. The summed E-state index contributed by atoms with van der Waals surface area (Å²) in [4.78, 5) is 25.2. The number of hydrogen-bond acceptors (Lipinski definition) is 3. The fraction of sp³-hybridized carbons (Fsp3) is 0.125. The summed E-state index contributed by atoms with van der Waals surface area (Å²) in [5.41, 5.74) is 0.795. The molecule has 2 aromatic rings. The Kier molecular flexibility index (Phi) is 3.29. The number of carboxylic acid groups (broad SMARTS) is 1. The lowest BCUT2D eigenvalue weighted by atomic mass is 10.0. The number of hydrogen-bond donors (Lipinski definition) is 2. The van der Waals surface area contributed by atoms with Gasteiger partial charge in [0.25, 0.3) is 5.91 Å². The van der Waals surface area contributed by atoms with Crippen LogP contribution in [0, 0.1) is 5.82 Å². The molecule has 0 bridgehead atoms. The van der Waals surface area contributed by atoms with Gasteiger partial charge in [-0.2, -0.15) is 0 Å². The van der Waals surface area contributed by atoms with Gasteiger partial charge in [-0.15, -0.1) is 0 Å². The van der Waals surface area contributed by atoms with Gasteiger partial charge in [-0.05, 0) is 23.8 Å². The van der Waals surface area contributed by atoms with E-state index in [-0.39, 0.29) is 12.1 Å². The van der Waals surface area contributed by atoms with Crippen molar-refractivity contribution in [2.24, 2.45) is 0 Å². The minimum atomic E-state index is -1.04.